The molecule has 3 unspecified atom stereocenters. The third kappa shape index (κ3) is 5.13. The highest BCUT2D eigenvalue weighted by molar-refractivity contribution is 8.00. The molecule has 3 rings (SSSR count). The van der Waals surface area contributed by atoms with Crippen LogP contribution in [0.4, 0.5) is 0 Å². The van der Waals surface area contributed by atoms with E-state index in [9.17, 15) is 13.2 Å². The number of sulfonamides is 1. The molecule has 3 atom stereocenters. The number of nitrogens with two attached hydrogens (primary N) is 1. The summed E-state index contributed by atoms with van der Waals surface area (Å²) in [5.74, 6) is 0.528. The smallest absolute Gasteiger partial charge is 0.238 e. The van der Waals surface area contributed by atoms with Crippen LogP contribution in [0.25, 0.3) is 11.0 Å². The Morgan fingerprint density at radius 2 is 2.10 bits per heavy atom. The summed E-state index contributed by atoms with van der Waals surface area (Å²) >= 11 is 1.41. The van der Waals surface area contributed by atoms with Crippen LogP contribution < -0.4 is 10.5 Å². The largest absolute Gasteiger partial charge is 0.352 e. The second-order valence-corrected chi connectivity index (χ2v) is 10.7. The van der Waals surface area contributed by atoms with Crippen molar-refractivity contribution in [3.05, 3.63) is 18.2 Å². The Morgan fingerprint density at radius 3 is 2.76 bits per heavy atom. The van der Waals surface area contributed by atoms with E-state index < -0.39 is 10.0 Å². The van der Waals surface area contributed by atoms with Gasteiger partial charge in [-0.2, -0.15) is 0 Å². The molecule has 1 amide bonds. The monoisotopic (exact) mass is 438 g/mol. The van der Waals surface area contributed by atoms with Gasteiger partial charge in [-0.15, -0.1) is 0 Å². The number of rotatable bonds is 7. The molecular formula is C20H30N4O3S2. The summed E-state index contributed by atoms with van der Waals surface area (Å²) in [5, 5.41) is 8.88. The van der Waals surface area contributed by atoms with Crippen LogP contribution in [0.2, 0.25) is 0 Å². The highest BCUT2D eigenvalue weighted by Crippen LogP contribution is 2.30. The topological polar surface area (TPSA) is 107 Å². The molecule has 3 N–H and O–H groups in total. The average Bonchev–Trinajstić information content (AvgIpc) is 2.99. The predicted molar refractivity (Wildman–Crippen MR) is 116 cm³/mol. The first-order valence-electron chi connectivity index (χ1n) is 10.2. The van der Waals surface area contributed by atoms with Crippen molar-refractivity contribution in [2.75, 3.05) is 0 Å². The van der Waals surface area contributed by atoms with Crippen LogP contribution in [0, 0.1) is 5.92 Å². The summed E-state index contributed by atoms with van der Waals surface area (Å²) in [6.07, 6.45) is 5.49. The molecule has 0 bridgehead atoms. The standard InChI is InChI=1S/C20H30N4O3S2/c1-4-11-24-18-10-9-15(29(21,26)27)12-17(18)23-20(24)28-14(3)19(25)22-16-8-6-5-7-13(16)2/h9-10,12-14,16H,4-8,11H2,1-3H3,(H,22,25)(H2,21,26,27). The fourth-order valence-corrected chi connectivity index (χ4v) is 5.33. The van der Waals surface area contributed by atoms with Crippen LogP contribution in [-0.2, 0) is 21.4 Å². The molecule has 7 nitrogen and oxygen atoms in total. The Kier molecular flexibility index (Phi) is 6.90. The van der Waals surface area contributed by atoms with Gasteiger partial charge in [0.2, 0.25) is 15.9 Å². The normalized spacial score (nSPS) is 21.2. The van der Waals surface area contributed by atoms with E-state index in [0.717, 1.165) is 37.7 Å². The molecule has 0 spiro atoms. The lowest BCUT2D eigenvalue weighted by Crippen LogP contribution is -2.44. The number of fused-ring (bicyclic) bond motifs is 1. The number of carbonyl (C=O) groups is 1. The molecule has 0 saturated heterocycles. The second-order valence-electron chi connectivity index (χ2n) is 7.88. The number of amides is 1. The Hall–Kier alpha value is -1.58. The van der Waals surface area contributed by atoms with E-state index in [0.29, 0.717) is 16.6 Å². The van der Waals surface area contributed by atoms with Gasteiger partial charge >= 0.3 is 0 Å². The molecule has 1 aromatic heterocycles. The highest BCUT2D eigenvalue weighted by atomic mass is 32.2. The van der Waals surface area contributed by atoms with E-state index >= 15 is 0 Å². The molecule has 0 aliphatic heterocycles. The lowest BCUT2D eigenvalue weighted by atomic mass is 9.86. The first kappa shape index (κ1) is 22.1. The number of carbonyl (C=O) groups excluding carboxylic acids is 1. The molecular weight excluding hydrogens is 408 g/mol. The fraction of sp³-hybridized carbons (Fsp3) is 0.600. The van der Waals surface area contributed by atoms with Crippen LogP contribution in [0.5, 0.6) is 0 Å². The lowest BCUT2D eigenvalue weighted by Gasteiger charge is -2.30. The molecule has 1 saturated carbocycles. The van der Waals surface area contributed by atoms with Gasteiger partial charge in [0.1, 0.15) is 0 Å². The summed E-state index contributed by atoms with van der Waals surface area (Å²) < 4.78 is 25.4. The Bertz CT molecular complexity index is 987. The maximum Gasteiger partial charge on any atom is 0.238 e. The Morgan fingerprint density at radius 1 is 1.38 bits per heavy atom. The number of nitrogens with one attached hydrogen (secondary N) is 1. The number of hydrogen-bond acceptors (Lipinski definition) is 5. The number of aryl methyl sites for hydroxylation is 1. The lowest BCUT2D eigenvalue weighted by molar-refractivity contribution is -0.121. The van der Waals surface area contributed by atoms with Gasteiger partial charge in [-0.25, -0.2) is 18.5 Å². The summed E-state index contributed by atoms with van der Waals surface area (Å²) in [6, 6.07) is 4.97. The molecule has 2 aromatic rings. The third-order valence-corrected chi connectivity index (χ3v) is 7.55. The number of primary sulfonamides is 1. The van der Waals surface area contributed by atoms with Crippen LogP contribution in [0.15, 0.2) is 28.3 Å². The summed E-state index contributed by atoms with van der Waals surface area (Å²) in [7, 11) is -3.79. The van der Waals surface area contributed by atoms with E-state index in [-0.39, 0.29) is 22.1 Å². The fourth-order valence-electron chi connectivity index (χ4n) is 3.84. The molecule has 1 fully saturated rings. The van der Waals surface area contributed by atoms with Gasteiger partial charge in [-0.1, -0.05) is 38.5 Å². The van der Waals surface area contributed by atoms with Crippen molar-refractivity contribution in [3.8, 4) is 0 Å². The molecule has 9 heteroatoms. The Balaban J connectivity index is 1.82. The van der Waals surface area contributed by atoms with Crippen molar-refractivity contribution in [2.45, 2.75) is 80.8 Å². The van der Waals surface area contributed by atoms with Gasteiger partial charge in [-0.3, -0.25) is 4.79 Å². The molecule has 1 aromatic carbocycles. The third-order valence-electron chi connectivity index (χ3n) is 5.55. The minimum Gasteiger partial charge on any atom is -0.352 e. The van der Waals surface area contributed by atoms with Gasteiger partial charge in [0.05, 0.1) is 21.2 Å². The predicted octanol–water partition coefficient (Wildman–Crippen LogP) is 3.27. The first-order valence-corrected chi connectivity index (χ1v) is 12.6. The van der Waals surface area contributed by atoms with Crippen LogP contribution in [0.3, 0.4) is 0 Å². The van der Waals surface area contributed by atoms with Crippen molar-refractivity contribution in [1.82, 2.24) is 14.9 Å². The number of benzene rings is 1. The quantitative estimate of drug-likeness (QED) is 0.645. The minimum absolute atomic E-state index is 0.0223. The number of thioether (sulfide) groups is 1. The van der Waals surface area contributed by atoms with Gasteiger partial charge in [0.15, 0.2) is 5.16 Å². The maximum absolute atomic E-state index is 12.8. The molecule has 1 aliphatic rings. The molecule has 0 radical (unpaired) electrons. The van der Waals surface area contributed by atoms with Gasteiger partial charge in [0, 0.05) is 12.6 Å². The number of hydrogen-bond donors (Lipinski definition) is 2. The van der Waals surface area contributed by atoms with Crippen LogP contribution >= 0.6 is 11.8 Å². The van der Waals surface area contributed by atoms with Gasteiger partial charge < -0.3 is 9.88 Å². The Labute approximate surface area is 176 Å². The zero-order chi connectivity index (χ0) is 21.2. The van der Waals surface area contributed by atoms with Crippen LogP contribution in [0.1, 0.15) is 52.9 Å². The SMILES string of the molecule is CCCn1c(SC(C)C(=O)NC2CCCCC2C)nc2cc(S(N)(=O)=O)ccc21. The van der Waals surface area contributed by atoms with Gasteiger partial charge in [-0.05, 0) is 50.3 Å². The van der Waals surface area contributed by atoms with E-state index in [1.54, 1.807) is 6.07 Å². The molecule has 1 aliphatic carbocycles. The number of nitrogens with zero attached hydrogens (tertiary/aromatic N) is 2. The first-order chi connectivity index (χ1) is 13.7. The van der Waals surface area contributed by atoms with E-state index in [4.69, 9.17) is 5.14 Å². The van der Waals surface area contributed by atoms with Crippen molar-refractivity contribution in [1.29, 1.82) is 0 Å². The zero-order valence-corrected chi connectivity index (χ0v) is 18.9. The van der Waals surface area contributed by atoms with E-state index in [2.05, 4.69) is 24.1 Å². The van der Waals surface area contributed by atoms with Gasteiger partial charge in [0.25, 0.3) is 0 Å². The van der Waals surface area contributed by atoms with E-state index in [1.807, 2.05) is 11.5 Å². The summed E-state index contributed by atoms with van der Waals surface area (Å²) in [6.45, 7) is 6.89. The van der Waals surface area contributed by atoms with Crippen LogP contribution in [-0.4, -0.2) is 35.2 Å². The summed E-state index contributed by atoms with van der Waals surface area (Å²) in [5.41, 5.74) is 1.41. The zero-order valence-electron chi connectivity index (χ0n) is 17.2. The van der Waals surface area contributed by atoms with Crippen molar-refractivity contribution in [3.63, 3.8) is 0 Å². The minimum atomic E-state index is -3.79. The molecule has 160 valence electrons. The van der Waals surface area contributed by atoms with Crippen molar-refractivity contribution in [2.24, 2.45) is 11.1 Å². The average molecular weight is 439 g/mol. The highest BCUT2D eigenvalue weighted by Gasteiger charge is 2.26. The van der Waals surface area contributed by atoms with Crippen molar-refractivity contribution >= 4 is 38.7 Å². The van der Waals surface area contributed by atoms with Crippen molar-refractivity contribution < 1.29 is 13.2 Å². The molecule has 1 heterocycles. The summed E-state index contributed by atoms with van der Waals surface area (Å²) in [4.78, 5) is 17.4. The maximum atomic E-state index is 12.8. The number of aromatic nitrogens is 2. The van der Waals surface area contributed by atoms with E-state index in [1.165, 1.54) is 30.3 Å². The molecule has 29 heavy (non-hydrogen) atoms. The number of imidazole rings is 1. The second kappa shape index (κ2) is 9.06.